The summed E-state index contributed by atoms with van der Waals surface area (Å²) in [6, 6.07) is 0. The van der Waals surface area contributed by atoms with Gasteiger partial charge in [0, 0.05) is 0 Å². The molecule has 1 aliphatic carbocycles. The van der Waals surface area contributed by atoms with Gasteiger partial charge in [0.05, 0.1) is 0 Å². The van der Waals surface area contributed by atoms with Crippen molar-refractivity contribution in [2.75, 3.05) is 0 Å². The number of hydrogen-bond donors (Lipinski definition) is 0. The zero-order valence-corrected chi connectivity index (χ0v) is 8.11. The van der Waals surface area contributed by atoms with Crippen LogP contribution in [-0.2, 0) is 0 Å². The second-order valence-corrected chi connectivity index (χ2v) is 4.02. The standard InChI is InChI=1S/C11H20/c1-5-9(3)11(4)8-7-10(11)6-2/h10H,3,5-8H2,1-2,4H3. The third-order valence-corrected chi connectivity index (χ3v) is 3.64. The first-order valence-electron chi connectivity index (χ1n) is 4.83. The van der Waals surface area contributed by atoms with Gasteiger partial charge in [-0.2, -0.15) is 0 Å². The molecule has 0 heteroatoms. The average Bonchev–Trinajstić information content (AvgIpc) is 2.00. The highest BCUT2D eigenvalue weighted by molar-refractivity contribution is 5.15. The van der Waals surface area contributed by atoms with Crippen LogP contribution in [-0.4, -0.2) is 0 Å². The van der Waals surface area contributed by atoms with E-state index in [1.807, 2.05) is 0 Å². The van der Waals surface area contributed by atoms with Crippen LogP contribution in [0.3, 0.4) is 0 Å². The van der Waals surface area contributed by atoms with Gasteiger partial charge in [0.15, 0.2) is 0 Å². The summed E-state index contributed by atoms with van der Waals surface area (Å²) in [5.41, 5.74) is 1.97. The molecule has 0 saturated heterocycles. The van der Waals surface area contributed by atoms with Crippen LogP contribution in [0.25, 0.3) is 0 Å². The maximum atomic E-state index is 4.17. The average molecular weight is 152 g/mol. The van der Waals surface area contributed by atoms with Gasteiger partial charge in [-0.05, 0) is 30.6 Å². The van der Waals surface area contributed by atoms with Crippen molar-refractivity contribution in [2.45, 2.75) is 46.5 Å². The molecule has 0 aromatic rings. The molecule has 0 bridgehead atoms. The van der Waals surface area contributed by atoms with Gasteiger partial charge in [-0.15, -0.1) is 0 Å². The number of hydrogen-bond acceptors (Lipinski definition) is 0. The fourth-order valence-corrected chi connectivity index (χ4v) is 2.31. The van der Waals surface area contributed by atoms with E-state index < -0.39 is 0 Å². The van der Waals surface area contributed by atoms with Gasteiger partial charge in [0.1, 0.15) is 0 Å². The first-order valence-corrected chi connectivity index (χ1v) is 4.83. The zero-order chi connectivity index (χ0) is 8.48. The molecule has 0 aromatic carbocycles. The molecule has 0 amide bonds. The van der Waals surface area contributed by atoms with Crippen molar-refractivity contribution in [1.29, 1.82) is 0 Å². The van der Waals surface area contributed by atoms with E-state index in [4.69, 9.17) is 0 Å². The van der Waals surface area contributed by atoms with E-state index in [2.05, 4.69) is 27.4 Å². The molecule has 64 valence electrons. The minimum Gasteiger partial charge on any atom is -0.0993 e. The van der Waals surface area contributed by atoms with Crippen LogP contribution in [0.2, 0.25) is 0 Å². The highest BCUT2D eigenvalue weighted by Crippen LogP contribution is 2.53. The Labute approximate surface area is 70.7 Å². The van der Waals surface area contributed by atoms with Crippen molar-refractivity contribution >= 4 is 0 Å². The molecule has 1 fully saturated rings. The molecule has 2 unspecified atom stereocenters. The van der Waals surface area contributed by atoms with E-state index in [1.54, 1.807) is 0 Å². The maximum absolute atomic E-state index is 4.17. The predicted molar refractivity (Wildman–Crippen MR) is 50.6 cm³/mol. The topological polar surface area (TPSA) is 0 Å². The van der Waals surface area contributed by atoms with E-state index in [0.717, 1.165) is 12.3 Å². The molecule has 1 saturated carbocycles. The molecule has 0 N–H and O–H groups in total. The Morgan fingerprint density at radius 3 is 2.45 bits per heavy atom. The molecule has 0 nitrogen and oxygen atoms in total. The number of allylic oxidation sites excluding steroid dienone is 1. The zero-order valence-electron chi connectivity index (χ0n) is 8.11. The van der Waals surface area contributed by atoms with Crippen molar-refractivity contribution in [1.82, 2.24) is 0 Å². The van der Waals surface area contributed by atoms with Gasteiger partial charge in [-0.25, -0.2) is 0 Å². The Morgan fingerprint density at radius 2 is 2.18 bits per heavy atom. The van der Waals surface area contributed by atoms with Gasteiger partial charge in [0.25, 0.3) is 0 Å². The first kappa shape index (κ1) is 8.83. The van der Waals surface area contributed by atoms with Gasteiger partial charge in [0.2, 0.25) is 0 Å². The molecule has 0 aliphatic heterocycles. The first-order chi connectivity index (χ1) is 5.15. The lowest BCUT2D eigenvalue weighted by atomic mass is 9.56. The minimum atomic E-state index is 0.503. The largest absolute Gasteiger partial charge is 0.0993 e. The second kappa shape index (κ2) is 3.00. The molecule has 11 heavy (non-hydrogen) atoms. The Morgan fingerprint density at radius 1 is 1.55 bits per heavy atom. The van der Waals surface area contributed by atoms with Crippen molar-refractivity contribution in [3.05, 3.63) is 12.2 Å². The van der Waals surface area contributed by atoms with Crippen LogP contribution in [0.5, 0.6) is 0 Å². The Bertz CT molecular complexity index is 155. The van der Waals surface area contributed by atoms with Gasteiger partial charge < -0.3 is 0 Å². The summed E-state index contributed by atoms with van der Waals surface area (Å²) in [5.74, 6) is 0.926. The summed E-state index contributed by atoms with van der Waals surface area (Å²) >= 11 is 0. The van der Waals surface area contributed by atoms with Gasteiger partial charge >= 0.3 is 0 Å². The Kier molecular flexibility index (Phi) is 2.41. The molecule has 1 rings (SSSR count). The summed E-state index contributed by atoms with van der Waals surface area (Å²) in [5, 5.41) is 0. The van der Waals surface area contributed by atoms with E-state index >= 15 is 0 Å². The van der Waals surface area contributed by atoms with E-state index in [-0.39, 0.29) is 0 Å². The van der Waals surface area contributed by atoms with Crippen LogP contribution in [0.1, 0.15) is 46.5 Å². The molecule has 0 spiro atoms. The third-order valence-electron chi connectivity index (χ3n) is 3.64. The quantitative estimate of drug-likeness (QED) is 0.540. The van der Waals surface area contributed by atoms with Crippen LogP contribution >= 0.6 is 0 Å². The van der Waals surface area contributed by atoms with Crippen molar-refractivity contribution in [2.24, 2.45) is 11.3 Å². The van der Waals surface area contributed by atoms with E-state index in [1.165, 1.54) is 24.8 Å². The molecule has 1 aliphatic rings. The summed E-state index contributed by atoms with van der Waals surface area (Å²) in [7, 11) is 0. The fraction of sp³-hybridized carbons (Fsp3) is 0.818. The minimum absolute atomic E-state index is 0.503. The van der Waals surface area contributed by atoms with Crippen LogP contribution in [0.4, 0.5) is 0 Å². The maximum Gasteiger partial charge on any atom is -0.00909 e. The molecule has 0 aromatic heterocycles. The molecule has 0 heterocycles. The van der Waals surface area contributed by atoms with Crippen molar-refractivity contribution in [3.8, 4) is 0 Å². The lowest BCUT2D eigenvalue weighted by Crippen LogP contribution is -2.38. The van der Waals surface area contributed by atoms with Crippen molar-refractivity contribution < 1.29 is 0 Å². The van der Waals surface area contributed by atoms with Crippen LogP contribution in [0, 0.1) is 11.3 Å². The van der Waals surface area contributed by atoms with Crippen molar-refractivity contribution in [3.63, 3.8) is 0 Å². The summed E-state index contributed by atoms with van der Waals surface area (Å²) in [4.78, 5) is 0. The summed E-state index contributed by atoms with van der Waals surface area (Å²) in [6.07, 6.45) is 5.28. The third kappa shape index (κ3) is 1.23. The number of rotatable bonds is 3. The lowest BCUT2D eigenvalue weighted by molar-refractivity contribution is 0.0860. The Hall–Kier alpha value is -0.260. The highest BCUT2D eigenvalue weighted by Gasteiger charge is 2.42. The molecule has 2 atom stereocenters. The van der Waals surface area contributed by atoms with Gasteiger partial charge in [-0.1, -0.05) is 39.3 Å². The Balaban J connectivity index is 2.60. The second-order valence-electron chi connectivity index (χ2n) is 4.02. The molecular formula is C11H20. The lowest BCUT2D eigenvalue weighted by Gasteiger charge is -2.48. The highest BCUT2D eigenvalue weighted by atomic mass is 14.5. The summed E-state index contributed by atoms with van der Waals surface area (Å²) < 4.78 is 0. The smallest absolute Gasteiger partial charge is 0.00909 e. The monoisotopic (exact) mass is 152 g/mol. The van der Waals surface area contributed by atoms with E-state index in [9.17, 15) is 0 Å². The SMILES string of the molecule is C=C(CC)C1(C)CCC1CC. The summed E-state index contributed by atoms with van der Waals surface area (Å²) in [6.45, 7) is 11.1. The normalized spacial score (nSPS) is 36.5. The molecular weight excluding hydrogens is 132 g/mol. The van der Waals surface area contributed by atoms with Gasteiger partial charge in [-0.3, -0.25) is 0 Å². The predicted octanol–water partition coefficient (Wildman–Crippen LogP) is 3.78. The van der Waals surface area contributed by atoms with Crippen LogP contribution in [0.15, 0.2) is 12.2 Å². The fourth-order valence-electron chi connectivity index (χ4n) is 2.31. The molecule has 0 radical (unpaired) electrons. The van der Waals surface area contributed by atoms with Crippen LogP contribution < -0.4 is 0 Å². The van der Waals surface area contributed by atoms with E-state index in [0.29, 0.717) is 5.41 Å².